The molecule has 0 spiro atoms. The van der Waals surface area contributed by atoms with Crippen molar-refractivity contribution in [1.29, 1.82) is 0 Å². The van der Waals surface area contributed by atoms with Crippen LogP contribution in [0.4, 0.5) is 61.5 Å². The van der Waals surface area contributed by atoms with Crippen molar-refractivity contribution in [2.75, 3.05) is 0 Å². The van der Waals surface area contributed by atoms with Crippen LogP contribution in [0, 0.1) is 0 Å². The van der Waals surface area contributed by atoms with E-state index in [-0.39, 0.29) is 0 Å². The van der Waals surface area contributed by atoms with Crippen molar-refractivity contribution >= 4 is 46.4 Å². The predicted molar refractivity (Wildman–Crippen MR) is 60.8 cm³/mol. The Morgan fingerprint density at radius 3 is 0.577 bits per heavy atom. The van der Waals surface area contributed by atoms with Crippen LogP contribution < -0.4 is 0 Å². The maximum absolute atomic E-state index is 13.2. The molecule has 2 unspecified atom stereocenters. The first-order chi connectivity index (χ1) is 10.8. The van der Waals surface area contributed by atoms with Gasteiger partial charge in [0.1, 0.15) is 0 Å². The number of halogens is 18. The quantitative estimate of drug-likeness (QED) is 0.259. The minimum Gasteiger partial charge on any atom is -0.211 e. The molecule has 0 amide bonds. The van der Waals surface area contributed by atoms with Gasteiger partial charge in [-0.05, 0) is 23.2 Å². The fourth-order valence-electron chi connectivity index (χ4n) is 1.14. The molecule has 0 aliphatic heterocycles. The van der Waals surface area contributed by atoms with Crippen LogP contribution >= 0.6 is 46.4 Å². The van der Waals surface area contributed by atoms with Gasteiger partial charge in [0, 0.05) is 0 Å². The summed E-state index contributed by atoms with van der Waals surface area (Å²) in [7, 11) is 0. The lowest BCUT2D eigenvalue weighted by atomic mass is 9.92. The summed E-state index contributed by atoms with van der Waals surface area (Å²) in [5.41, 5.74) is 0. The fraction of sp³-hybridized carbons (Fsp3) is 1.00. The topological polar surface area (TPSA) is 0 Å². The third-order valence-corrected chi connectivity index (χ3v) is 4.35. The second kappa shape index (κ2) is 6.34. The molecule has 0 saturated carbocycles. The van der Waals surface area contributed by atoms with Gasteiger partial charge in [0.2, 0.25) is 0 Å². The summed E-state index contributed by atoms with van der Waals surface area (Å²) in [4.78, 5) is 0. The first-order valence-electron chi connectivity index (χ1n) is 5.15. The van der Waals surface area contributed by atoms with Gasteiger partial charge in [-0.2, -0.15) is 52.7 Å². The molecular weight excluding hydrogens is 504 g/mol. The van der Waals surface area contributed by atoms with Crippen LogP contribution in [0.15, 0.2) is 0 Å². The Kier molecular flexibility index (Phi) is 6.39. The predicted octanol–water partition coefficient (Wildman–Crippen LogP) is 7.00. The van der Waals surface area contributed by atoms with Crippen molar-refractivity contribution in [2.45, 2.75) is 44.7 Å². The van der Waals surface area contributed by atoms with Crippen LogP contribution in [0.1, 0.15) is 0 Å². The smallest absolute Gasteiger partial charge is 0.211 e. The van der Waals surface area contributed by atoms with E-state index in [1.807, 2.05) is 0 Å². The lowest BCUT2D eigenvalue weighted by Crippen LogP contribution is -2.73. The Labute approximate surface area is 153 Å². The molecule has 0 heterocycles. The molecule has 0 radical (unpaired) electrons. The molecule has 0 rings (SSSR count). The van der Waals surface area contributed by atoms with Crippen LogP contribution in [-0.2, 0) is 0 Å². The van der Waals surface area contributed by atoms with Crippen LogP contribution in [0.5, 0.6) is 0 Å². The zero-order chi connectivity index (χ0) is 22.0. The van der Waals surface area contributed by atoms with Crippen molar-refractivity contribution in [1.82, 2.24) is 0 Å². The first-order valence-corrected chi connectivity index (χ1v) is 6.66. The summed E-state index contributed by atoms with van der Waals surface area (Å²) in [5, 5.41) is -26.0. The van der Waals surface area contributed by atoms with Gasteiger partial charge in [0.05, 0.1) is 0 Å². The normalized spacial score (nSPS) is 20.5. The highest BCUT2D eigenvalue weighted by atomic mass is 35.5. The molecule has 2 atom stereocenters. The zero-order valence-electron chi connectivity index (χ0n) is 10.8. The summed E-state index contributed by atoms with van der Waals surface area (Å²) in [6, 6.07) is 0. The highest BCUT2D eigenvalue weighted by Crippen LogP contribution is 2.65. The van der Waals surface area contributed by atoms with Crippen molar-refractivity contribution in [2.24, 2.45) is 0 Å². The van der Waals surface area contributed by atoms with Gasteiger partial charge in [-0.25, -0.2) is 8.78 Å². The molecule has 0 saturated heterocycles. The molecule has 0 nitrogen and oxygen atoms in total. The lowest BCUT2D eigenvalue weighted by Gasteiger charge is -2.43. The molecule has 18 heteroatoms. The van der Waals surface area contributed by atoms with E-state index in [4.69, 9.17) is 0 Å². The largest absolute Gasteiger partial charge is 0.383 e. The number of alkyl halides is 18. The standard InChI is InChI=1S/C8Cl4F14/c9-1(13,7(11,23)24)3(15,16)5(19,20)6(21,22)4(17,18)2(10,14)8(12,25)26. The molecular formula is C8Cl4F14. The maximum Gasteiger partial charge on any atom is 0.383 e. The van der Waals surface area contributed by atoms with Crippen LogP contribution in [0.25, 0.3) is 0 Å². The molecule has 158 valence electrons. The zero-order valence-corrected chi connectivity index (χ0v) is 13.8. The minimum absolute atomic E-state index is 3.61. The van der Waals surface area contributed by atoms with Crippen LogP contribution in [0.2, 0.25) is 0 Å². The number of hydrogen-bond acceptors (Lipinski definition) is 0. The summed E-state index contributed by atoms with van der Waals surface area (Å²) in [5.74, 6) is -31.5. The Morgan fingerprint density at radius 1 is 0.308 bits per heavy atom. The molecule has 0 aliphatic carbocycles. The van der Waals surface area contributed by atoms with E-state index >= 15 is 0 Å². The second-order valence-electron chi connectivity index (χ2n) is 4.44. The fourth-order valence-corrected chi connectivity index (χ4v) is 1.62. The third-order valence-electron chi connectivity index (χ3n) is 2.68. The minimum atomic E-state index is -8.06. The SMILES string of the molecule is FC(F)(Cl)C(F)(Cl)C(F)(F)C(F)(F)C(F)(F)C(F)(F)C(F)(Cl)C(F)(F)Cl. The van der Waals surface area contributed by atoms with Crippen molar-refractivity contribution in [3.8, 4) is 0 Å². The average Bonchev–Trinajstić information content (AvgIpc) is 2.34. The van der Waals surface area contributed by atoms with Gasteiger partial charge >= 0.3 is 44.7 Å². The van der Waals surface area contributed by atoms with E-state index < -0.39 is 44.7 Å². The van der Waals surface area contributed by atoms with Crippen molar-refractivity contribution in [3.05, 3.63) is 0 Å². The summed E-state index contributed by atoms with van der Waals surface area (Å²) < 4.78 is 181. The lowest BCUT2D eigenvalue weighted by molar-refractivity contribution is -0.403. The first kappa shape index (κ1) is 26.2. The number of hydrogen-bond donors (Lipinski definition) is 0. The molecule has 0 aromatic heterocycles. The van der Waals surface area contributed by atoms with E-state index in [0.717, 1.165) is 0 Å². The highest BCUT2D eigenvalue weighted by Gasteiger charge is 2.93. The highest BCUT2D eigenvalue weighted by molar-refractivity contribution is 6.33. The van der Waals surface area contributed by atoms with E-state index in [0.29, 0.717) is 0 Å². The Bertz CT molecular complexity index is 482. The van der Waals surface area contributed by atoms with Gasteiger partial charge in [0.15, 0.2) is 0 Å². The molecule has 0 aromatic rings. The van der Waals surface area contributed by atoms with Crippen molar-refractivity contribution in [3.63, 3.8) is 0 Å². The van der Waals surface area contributed by atoms with Gasteiger partial charge in [0.25, 0.3) is 0 Å². The Morgan fingerprint density at radius 2 is 0.462 bits per heavy atom. The van der Waals surface area contributed by atoms with Crippen LogP contribution in [0.3, 0.4) is 0 Å². The molecule has 0 aliphatic rings. The van der Waals surface area contributed by atoms with Crippen LogP contribution in [-0.4, -0.2) is 44.7 Å². The van der Waals surface area contributed by atoms with Gasteiger partial charge in [-0.1, -0.05) is 23.2 Å². The van der Waals surface area contributed by atoms with Crippen molar-refractivity contribution < 1.29 is 61.5 Å². The second-order valence-corrected chi connectivity index (χ2v) is 6.43. The average molecular weight is 504 g/mol. The van der Waals surface area contributed by atoms with Gasteiger partial charge in [-0.15, -0.1) is 0 Å². The number of rotatable bonds is 7. The Hall–Kier alpha value is 0.180. The van der Waals surface area contributed by atoms with Gasteiger partial charge in [-0.3, -0.25) is 0 Å². The molecule has 26 heavy (non-hydrogen) atoms. The maximum atomic E-state index is 13.2. The summed E-state index contributed by atoms with van der Waals surface area (Å²) >= 11 is 14.6. The summed E-state index contributed by atoms with van der Waals surface area (Å²) in [6.45, 7) is 0. The molecule has 0 fully saturated rings. The van der Waals surface area contributed by atoms with E-state index in [9.17, 15) is 61.5 Å². The molecule has 0 bridgehead atoms. The summed E-state index contributed by atoms with van der Waals surface area (Å²) in [6.07, 6.45) is 0. The third kappa shape index (κ3) is 3.25. The molecule has 0 N–H and O–H groups in total. The monoisotopic (exact) mass is 502 g/mol. The molecule has 0 aromatic carbocycles. The van der Waals surface area contributed by atoms with E-state index in [2.05, 4.69) is 46.4 Å². The Balaban J connectivity index is 6.61. The van der Waals surface area contributed by atoms with E-state index in [1.165, 1.54) is 0 Å². The van der Waals surface area contributed by atoms with Gasteiger partial charge < -0.3 is 0 Å². The van der Waals surface area contributed by atoms with E-state index in [1.54, 1.807) is 0 Å².